The maximum absolute atomic E-state index is 5.90. The van der Waals surface area contributed by atoms with E-state index >= 15 is 0 Å². The third-order valence-electron chi connectivity index (χ3n) is 4.26. The van der Waals surface area contributed by atoms with Gasteiger partial charge in [0, 0.05) is 13.2 Å². The highest BCUT2D eigenvalue weighted by molar-refractivity contribution is 5.36. The predicted molar refractivity (Wildman–Crippen MR) is 87.1 cm³/mol. The van der Waals surface area contributed by atoms with Crippen LogP contribution in [0.5, 0.6) is 5.75 Å². The minimum Gasteiger partial charge on any atom is -0.491 e. The Balaban J connectivity index is 1.99. The summed E-state index contributed by atoms with van der Waals surface area (Å²) >= 11 is 0. The summed E-state index contributed by atoms with van der Waals surface area (Å²) in [6.07, 6.45) is 6.32. The van der Waals surface area contributed by atoms with Crippen LogP contribution in [0.25, 0.3) is 0 Å². The van der Waals surface area contributed by atoms with Crippen molar-refractivity contribution in [2.45, 2.75) is 51.0 Å². The zero-order chi connectivity index (χ0) is 14.9. The van der Waals surface area contributed by atoms with Crippen molar-refractivity contribution >= 4 is 0 Å². The van der Waals surface area contributed by atoms with E-state index < -0.39 is 0 Å². The van der Waals surface area contributed by atoms with Gasteiger partial charge in [0.1, 0.15) is 12.4 Å². The second-order valence-electron chi connectivity index (χ2n) is 5.89. The van der Waals surface area contributed by atoms with E-state index in [4.69, 9.17) is 9.47 Å². The van der Waals surface area contributed by atoms with Crippen LogP contribution in [0, 0.1) is 0 Å². The Labute approximate surface area is 129 Å². The lowest BCUT2D eigenvalue weighted by molar-refractivity contribution is 0.145. The van der Waals surface area contributed by atoms with Crippen molar-refractivity contribution in [2.75, 3.05) is 26.9 Å². The Kier molecular flexibility index (Phi) is 7.04. The molecule has 0 aliphatic heterocycles. The van der Waals surface area contributed by atoms with Gasteiger partial charge in [0.05, 0.1) is 6.61 Å². The first-order valence-electron chi connectivity index (χ1n) is 8.29. The van der Waals surface area contributed by atoms with Gasteiger partial charge in [0.2, 0.25) is 0 Å². The van der Waals surface area contributed by atoms with Crippen molar-refractivity contribution in [3.8, 4) is 5.75 Å². The molecule has 1 saturated carbocycles. The third-order valence-corrected chi connectivity index (χ3v) is 4.26. The van der Waals surface area contributed by atoms with E-state index in [1.807, 2.05) is 0 Å². The van der Waals surface area contributed by atoms with Crippen LogP contribution in [-0.4, -0.2) is 32.9 Å². The number of ether oxygens (including phenoxy) is 2. The number of benzene rings is 1. The van der Waals surface area contributed by atoms with Gasteiger partial charge in [-0.1, -0.05) is 31.5 Å². The molecule has 1 aromatic rings. The van der Waals surface area contributed by atoms with Gasteiger partial charge in [-0.15, -0.1) is 0 Å². The molecule has 2 rings (SSSR count). The minimum atomic E-state index is 0.617. The molecule has 0 heterocycles. The van der Waals surface area contributed by atoms with Crippen LogP contribution in [0.2, 0.25) is 0 Å². The van der Waals surface area contributed by atoms with E-state index in [1.165, 1.54) is 37.7 Å². The van der Waals surface area contributed by atoms with Crippen LogP contribution >= 0.6 is 0 Å². The topological polar surface area (TPSA) is 30.5 Å². The van der Waals surface area contributed by atoms with Crippen molar-refractivity contribution in [1.29, 1.82) is 0 Å². The highest BCUT2D eigenvalue weighted by Crippen LogP contribution is 2.37. The number of rotatable bonds is 8. The number of methoxy groups -OCH3 is 1. The summed E-state index contributed by atoms with van der Waals surface area (Å²) in [4.78, 5) is 0. The van der Waals surface area contributed by atoms with Crippen LogP contribution in [-0.2, 0) is 4.74 Å². The lowest BCUT2D eigenvalue weighted by Crippen LogP contribution is -2.34. The molecule has 0 saturated heterocycles. The molecule has 0 bridgehead atoms. The largest absolute Gasteiger partial charge is 0.491 e. The second-order valence-corrected chi connectivity index (χ2v) is 5.89. The van der Waals surface area contributed by atoms with Crippen LogP contribution in [0.1, 0.15) is 50.5 Å². The Bertz CT molecular complexity index is 408. The normalized spacial score (nSPS) is 22.2. The lowest BCUT2D eigenvalue weighted by atomic mass is 9.81. The van der Waals surface area contributed by atoms with Gasteiger partial charge in [0.25, 0.3) is 0 Å². The minimum absolute atomic E-state index is 0.617. The van der Waals surface area contributed by atoms with E-state index in [9.17, 15) is 0 Å². The molecule has 0 spiro atoms. The maximum atomic E-state index is 5.90. The zero-order valence-corrected chi connectivity index (χ0v) is 13.4. The first kappa shape index (κ1) is 16.3. The average Bonchev–Trinajstić information content (AvgIpc) is 2.54. The molecule has 2 unspecified atom stereocenters. The quantitative estimate of drug-likeness (QED) is 0.740. The Morgan fingerprint density at radius 2 is 2.05 bits per heavy atom. The van der Waals surface area contributed by atoms with Crippen molar-refractivity contribution < 1.29 is 9.47 Å². The fourth-order valence-corrected chi connectivity index (χ4v) is 3.19. The molecule has 1 fully saturated rings. The maximum Gasteiger partial charge on any atom is 0.122 e. The summed E-state index contributed by atoms with van der Waals surface area (Å²) in [5, 5.41) is 3.68. The lowest BCUT2D eigenvalue weighted by Gasteiger charge is -2.31. The van der Waals surface area contributed by atoms with Gasteiger partial charge in [-0.2, -0.15) is 0 Å². The fraction of sp³-hybridized carbons (Fsp3) is 0.667. The summed E-state index contributed by atoms with van der Waals surface area (Å²) in [6.45, 7) is 4.62. The first-order valence-corrected chi connectivity index (χ1v) is 8.29. The molecule has 3 heteroatoms. The number of hydrogen-bond acceptors (Lipinski definition) is 3. The molecule has 1 aromatic carbocycles. The van der Waals surface area contributed by atoms with Gasteiger partial charge in [0.15, 0.2) is 0 Å². The van der Waals surface area contributed by atoms with E-state index in [-0.39, 0.29) is 0 Å². The number of para-hydroxylation sites is 1. The molecule has 1 aliphatic rings. The van der Waals surface area contributed by atoms with Crippen molar-refractivity contribution in [1.82, 2.24) is 5.32 Å². The summed E-state index contributed by atoms with van der Waals surface area (Å²) in [5.74, 6) is 1.66. The van der Waals surface area contributed by atoms with E-state index in [2.05, 4.69) is 36.5 Å². The smallest absolute Gasteiger partial charge is 0.122 e. The van der Waals surface area contributed by atoms with Crippen molar-refractivity contribution in [3.05, 3.63) is 29.8 Å². The summed E-state index contributed by atoms with van der Waals surface area (Å²) in [5.41, 5.74) is 1.37. The fourth-order valence-electron chi connectivity index (χ4n) is 3.19. The number of nitrogens with one attached hydrogen (secondary N) is 1. The second kappa shape index (κ2) is 9.06. The SMILES string of the molecule is CCCNC1CCCC(c2ccccc2OCCOC)C1. The van der Waals surface area contributed by atoms with Crippen LogP contribution < -0.4 is 10.1 Å². The molecule has 0 aromatic heterocycles. The zero-order valence-electron chi connectivity index (χ0n) is 13.4. The van der Waals surface area contributed by atoms with E-state index in [1.54, 1.807) is 7.11 Å². The molecule has 118 valence electrons. The summed E-state index contributed by atoms with van der Waals surface area (Å²) in [6, 6.07) is 9.17. The first-order chi connectivity index (χ1) is 10.3. The highest BCUT2D eigenvalue weighted by atomic mass is 16.5. The number of hydrogen-bond donors (Lipinski definition) is 1. The van der Waals surface area contributed by atoms with Gasteiger partial charge in [-0.25, -0.2) is 0 Å². The van der Waals surface area contributed by atoms with Gasteiger partial charge in [-0.05, 0) is 49.8 Å². The highest BCUT2D eigenvalue weighted by Gasteiger charge is 2.24. The summed E-state index contributed by atoms with van der Waals surface area (Å²) in [7, 11) is 1.71. The van der Waals surface area contributed by atoms with E-state index in [0.29, 0.717) is 25.2 Å². The van der Waals surface area contributed by atoms with Crippen molar-refractivity contribution in [2.24, 2.45) is 0 Å². The molecule has 0 radical (unpaired) electrons. The monoisotopic (exact) mass is 291 g/mol. The molecule has 0 amide bonds. The molecular weight excluding hydrogens is 262 g/mol. The van der Waals surface area contributed by atoms with Crippen LogP contribution in [0.3, 0.4) is 0 Å². The Hall–Kier alpha value is -1.06. The molecule has 2 atom stereocenters. The molecular formula is C18H29NO2. The Morgan fingerprint density at radius 3 is 2.86 bits per heavy atom. The summed E-state index contributed by atoms with van der Waals surface area (Å²) < 4.78 is 11.0. The predicted octanol–water partition coefficient (Wildman–Crippen LogP) is 3.74. The molecule has 1 N–H and O–H groups in total. The van der Waals surface area contributed by atoms with Crippen LogP contribution in [0.15, 0.2) is 24.3 Å². The molecule has 21 heavy (non-hydrogen) atoms. The van der Waals surface area contributed by atoms with E-state index in [0.717, 1.165) is 12.3 Å². The standard InChI is InChI=1S/C18H29NO2/c1-3-11-19-16-8-6-7-15(14-16)17-9-4-5-10-18(17)21-13-12-20-2/h4-5,9-10,15-16,19H,3,6-8,11-14H2,1-2H3. The van der Waals surface area contributed by atoms with Gasteiger partial charge >= 0.3 is 0 Å². The van der Waals surface area contributed by atoms with Gasteiger partial charge in [-0.3, -0.25) is 0 Å². The molecule has 3 nitrogen and oxygen atoms in total. The average molecular weight is 291 g/mol. The van der Waals surface area contributed by atoms with Crippen molar-refractivity contribution in [3.63, 3.8) is 0 Å². The van der Waals surface area contributed by atoms with Crippen LogP contribution in [0.4, 0.5) is 0 Å². The molecule has 1 aliphatic carbocycles. The third kappa shape index (κ3) is 5.01. The van der Waals surface area contributed by atoms with Gasteiger partial charge < -0.3 is 14.8 Å². The Morgan fingerprint density at radius 1 is 1.19 bits per heavy atom.